The number of anilines is 2. The summed E-state index contributed by atoms with van der Waals surface area (Å²) < 4.78 is 0. The van der Waals surface area contributed by atoms with Crippen LogP contribution in [0.5, 0.6) is 0 Å². The van der Waals surface area contributed by atoms with Crippen molar-refractivity contribution >= 4 is 29.0 Å². The summed E-state index contributed by atoms with van der Waals surface area (Å²) >= 11 is 6.02. The molecule has 0 saturated heterocycles. The molecule has 0 fully saturated rings. The van der Waals surface area contributed by atoms with Crippen LogP contribution < -0.4 is 10.6 Å². The van der Waals surface area contributed by atoms with Crippen LogP contribution in [0.15, 0.2) is 54.6 Å². The summed E-state index contributed by atoms with van der Waals surface area (Å²) in [5.74, 6) is 0.871. The molecular weight excluding hydrogens is 360 g/mol. The fourth-order valence-corrected chi connectivity index (χ4v) is 2.84. The SMILES string of the molecule is Cc1nc(NCCc2ccccc2)cc(C(=O)Nc2cc(Cl)ccc2C)n1. The molecule has 138 valence electrons. The second-order valence-electron chi connectivity index (χ2n) is 6.26. The van der Waals surface area contributed by atoms with E-state index in [0.717, 1.165) is 18.5 Å². The van der Waals surface area contributed by atoms with Gasteiger partial charge in [-0.25, -0.2) is 9.97 Å². The van der Waals surface area contributed by atoms with Gasteiger partial charge in [-0.2, -0.15) is 0 Å². The third-order valence-corrected chi connectivity index (χ3v) is 4.32. The quantitative estimate of drug-likeness (QED) is 0.653. The highest BCUT2D eigenvalue weighted by molar-refractivity contribution is 6.31. The molecule has 0 radical (unpaired) electrons. The zero-order valence-electron chi connectivity index (χ0n) is 15.3. The number of carbonyl (C=O) groups is 1. The predicted octanol–water partition coefficient (Wildman–Crippen LogP) is 4.65. The summed E-state index contributed by atoms with van der Waals surface area (Å²) in [5, 5.41) is 6.69. The third kappa shape index (κ3) is 5.28. The standard InChI is InChI=1S/C21H21ClN4O/c1-14-8-9-17(22)12-18(14)26-21(27)19-13-20(25-15(2)24-19)23-11-10-16-6-4-3-5-7-16/h3-9,12-13H,10-11H2,1-2H3,(H,26,27)(H,23,24,25). The Hall–Kier alpha value is -2.92. The number of nitrogens with zero attached hydrogens (tertiary/aromatic N) is 2. The van der Waals surface area contributed by atoms with Gasteiger partial charge in [0.25, 0.3) is 5.91 Å². The van der Waals surface area contributed by atoms with Crippen molar-refractivity contribution in [3.8, 4) is 0 Å². The predicted molar refractivity (Wildman–Crippen MR) is 110 cm³/mol. The maximum atomic E-state index is 12.6. The maximum Gasteiger partial charge on any atom is 0.274 e. The number of benzene rings is 2. The molecule has 1 aromatic heterocycles. The van der Waals surface area contributed by atoms with E-state index in [1.165, 1.54) is 5.56 Å². The molecule has 5 nitrogen and oxygen atoms in total. The van der Waals surface area contributed by atoms with E-state index in [4.69, 9.17) is 11.6 Å². The lowest BCUT2D eigenvalue weighted by molar-refractivity contribution is 0.102. The van der Waals surface area contributed by atoms with Gasteiger partial charge in [0.15, 0.2) is 0 Å². The van der Waals surface area contributed by atoms with E-state index in [2.05, 4.69) is 32.7 Å². The van der Waals surface area contributed by atoms with Gasteiger partial charge in [-0.05, 0) is 43.5 Å². The number of amides is 1. The number of nitrogens with one attached hydrogen (secondary N) is 2. The molecule has 6 heteroatoms. The Morgan fingerprint density at radius 1 is 1.04 bits per heavy atom. The Labute approximate surface area is 163 Å². The normalized spacial score (nSPS) is 10.5. The van der Waals surface area contributed by atoms with E-state index in [9.17, 15) is 4.79 Å². The van der Waals surface area contributed by atoms with Crippen LogP contribution in [0.3, 0.4) is 0 Å². The first-order valence-corrected chi connectivity index (χ1v) is 9.10. The van der Waals surface area contributed by atoms with Crippen LogP contribution in [-0.2, 0) is 6.42 Å². The molecule has 0 saturated carbocycles. The lowest BCUT2D eigenvalue weighted by Crippen LogP contribution is -2.17. The van der Waals surface area contributed by atoms with Gasteiger partial charge < -0.3 is 10.6 Å². The number of rotatable bonds is 6. The fourth-order valence-electron chi connectivity index (χ4n) is 2.67. The van der Waals surface area contributed by atoms with Crippen LogP contribution in [0, 0.1) is 13.8 Å². The van der Waals surface area contributed by atoms with Crippen molar-refractivity contribution in [2.24, 2.45) is 0 Å². The summed E-state index contributed by atoms with van der Waals surface area (Å²) in [6, 6.07) is 17.2. The van der Waals surface area contributed by atoms with Crippen LogP contribution in [0.25, 0.3) is 0 Å². The molecule has 1 heterocycles. The molecule has 0 aliphatic heterocycles. The zero-order valence-corrected chi connectivity index (χ0v) is 16.0. The smallest absolute Gasteiger partial charge is 0.274 e. The Bertz CT molecular complexity index is 944. The molecule has 1 amide bonds. The van der Waals surface area contributed by atoms with Crippen molar-refractivity contribution in [2.45, 2.75) is 20.3 Å². The van der Waals surface area contributed by atoms with Crippen molar-refractivity contribution in [1.29, 1.82) is 0 Å². The van der Waals surface area contributed by atoms with Crippen molar-refractivity contribution in [3.05, 3.63) is 82.3 Å². The second kappa shape index (κ2) is 8.64. The minimum Gasteiger partial charge on any atom is -0.370 e. The summed E-state index contributed by atoms with van der Waals surface area (Å²) in [6.45, 7) is 4.40. The largest absolute Gasteiger partial charge is 0.370 e. The second-order valence-corrected chi connectivity index (χ2v) is 6.70. The summed E-state index contributed by atoms with van der Waals surface area (Å²) in [5.41, 5.74) is 3.15. The van der Waals surface area contributed by atoms with Crippen molar-refractivity contribution in [1.82, 2.24) is 9.97 Å². The monoisotopic (exact) mass is 380 g/mol. The van der Waals surface area contributed by atoms with Gasteiger partial charge in [0, 0.05) is 23.3 Å². The molecule has 3 aromatic rings. The van der Waals surface area contributed by atoms with Gasteiger partial charge in [0.2, 0.25) is 0 Å². The number of hydrogen-bond donors (Lipinski definition) is 2. The van der Waals surface area contributed by atoms with Gasteiger partial charge in [-0.15, -0.1) is 0 Å². The molecule has 0 unspecified atom stereocenters. The van der Waals surface area contributed by atoms with E-state index in [1.807, 2.05) is 31.2 Å². The van der Waals surface area contributed by atoms with E-state index in [-0.39, 0.29) is 5.91 Å². The summed E-state index contributed by atoms with van der Waals surface area (Å²) in [7, 11) is 0. The maximum absolute atomic E-state index is 12.6. The number of hydrogen-bond acceptors (Lipinski definition) is 4. The molecule has 2 aromatic carbocycles. The number of aromatic nitrogens is 2. The first-order valence-electron chi connectivity index (χ1n) is 8.72. The highest BCUT2D eigenvalue weighted by Crippen LogP contribution is 2.21. The van der Waals surface area contributed by atoms with Crippen LogP contribution in [0.1, 0.15) is 27.4 Å². The van der Waals surface area contributed by atoms with Crippen LogP contribution in [0.2, 0.25) is 5.02 Å². The Morgan fingerprint density at radius 3 is 2.59 bits per heavy atom. The molecule has 27 heavy (non-hydrogen) atoms. The Kier molecular flexibility index (Phi) is 6.04. The first kappa shape index (κ1) is 18.9. The van der Waals surface area contributed by atoms with Gasteiger partial charge in [-0.3, -0.25) is 4.79 Å². The number of aryl methyl sites for hydroxylation is 2. The minimum atomic E-state index is -0.294. The number of halogens is 1. The summed E-state index contributed by atoms with van der Waals surface area (Å²) in [4.78, 5) is 21.2. The van der Waals surface area contributed by atoms with Crippen LogP contribution in [0.4, 0.5) is 11.5 Å². The third-order valence-electron chi connectivity index (χ3n) is 4.08. The van der Waals surface area contributed by atoms with Gasteiger partial charge >= 0.3 is 0 Å². The van der Waals surface area contributed by atoms with E-state index in [1.54, 1.807) is 25.1 Å². The summed E-state index contributed by atoms with van der Waals surface area (Å²) in [6.07, 6.45) is 0.868. The van der Waals surface area contributed by atoms with E-state index in [0.29, 0.717) is 28.0 Å². The first-order chi connectivity index (χ1) is 13.0. The topological polar surface area (TPSA) is 66.9 Å². The molecule has 0 aliphatic carbocycles. The molecule has 0 aliphatic rings. The molecule has 2 N–H and O–H groups in total. The highest BCUT2D eigenvalue weighted by atomic mass is 35.5. The van der Waals surface area contributed by atoms with Gasteiger partial charge in [0.1, 0.15) is 17.3 Å². The van der Waals surface area contributed by atoms with Gasteiger partial charge in [-0.1, -0.05) is 48.0 Å². The minimum absolute atomic E-state index is 0.294. The van der Waals surface area contributed by atoms with E-state index >= 15 is 0 Å². The van der Waals surface area contributed by atoms with Crippen LogP contribution in [-0.4, -0.2) is 22.4 Å². The fraction of sp³-hybridized carbons (Fsp3) is 0.190. The molecule has 0 spiro atoms. The molecular formula is C21H21ClN4O. The molecule has 0 atom stereocenters. The van der Waals surface area contributed by atoms with E-state index < -0.39 is 0 Å². The lowest BCUT2D eigenvalue weighted by Gasteiger charge is -2.11. The average Bonchev–Trinajstić information content (AvgIpc) is 2.65. The van der Waals surface area contributed by atoms with Crippen molar-refractivity contribution in [2.75, 3.05) is 17.2 Å². The van der Waals surface area contributed by atoms with Gasteiger partial charge in [0.05, 0.1) is 0 Å². The van der Waals surface area contributed by atoms with Crippen molar-refractivity contribution in [3.63, 3.8) is 0 Å². The average molecular weight is 381 g/mol. The van der Waals surface area contributed by atoms with Crippen molar-refractivity contribution < 1.29 is 4.79 Å². The lowest BCUT2D eigenvalue weighted by atomic mass is 10.1. The highest BCUT2D eigenvalue weighted by Gasteiger charge is 2.12. The zero-order chi connectivity index (χ0) is 19.2. The Morgan fingerprint density at radius 2 is 1.81 bits per heavy atom. The molecule has 3 rings (SSSR count). The molecule has 0 bridgehead atoms. The van der Waals surface area contributed by atoms with Crippen LogP contribution >= 0.6 is 11.6 Å². The Balaban J connectivity index is 1.68. The number of carbonyl (C=O) groups excluding carboxylic acids is 1.